The number of aromatic nitrogens is 6. The first-order chi connectivity index (χ1) is 16.3. The van der Waals surface area contributed by atoms with Crippen LogP contribution >= 0.6 is 0 Å². The monoisotopic (exact) mass is 468 g/mol. The Morgan fingerprint density at radius 1 is 1.06 bits per heavy atom. The average molecular weight is 468 g/mol. The molecule has 172 valence electrons. The average Bonchev–Trinajstić information content (AvgIpc) is 3.48. The number of halogens is 3. The van der Waals surface area contributed by atoms with Crippen LogP contribution in [-0.2, 0) is 12.7 Å². The Hall–Kier alpha value is -4.48. The van der Waals surface area contributed by atoms with Crippen LogP contribution < -0.4 is 10.3 Å². The topological polar surface area (TPSA) is 101 Å². The second-order valence-electron chi connectivity index (χ2n) is 7.26. The molecule has 0 radical (unpaired) electrons. The van der Waals surface area contributed by atoms with E-state index >= 15 is 0 Å². The van der Waals surface area contributed by atoms with E-state index in [9.17, 15) is 18.0 Å². The SMILES string of the molecule is COc1ccc(-n2ncc3c(=O)n(Cc4nc(-c5ccc(C(F)(F)F)cc5)no4)cnc32)cc1. The van der Waals surface area contributed by atoms with Crippen molar-refractivity contribution in [3.05, 3.63) is 82.9 Å². The number of methoxy groups -OCH3 is 1. The lowest BCUT2D eigenvalue weighted by molar-refractivity contribution is -0.137. The summed E-state index contributed by atoms with van der Waals surface area (Å²) in [5.41, 5.74) is 0.297. The van der Waals surface area contributed by atoms with Crippen LogP contribution in [0.4, 0.5) is 13.2 Å². The summed E-state index contributed by atoms with van der Waals surface area (Å²) in [5.74, 6) is 0.893. The molecule has 5 rings (SSSR count). The lowest BCUT2D eigenvalue weighted by Gasteiger charge is -2.06. The maximum atomic E-state index is 12.9. The molecule has 3 heterocycles. The Kier molecular flexibility index (Phi) is 5.11. The van der Waals surface area contributed by atoms with Gasteiger partial charge < -0.3 is 9.26 Å². The van der Waals surface area contributed by atoms with E-state index in [1.54, 1.807) is 31.4 Å². The van der Waals surface area contributed by atoms with Crippen molar-refractivity contribution in [2.75, 3.05) is 7.11 Å². The van der Waals surface area contributed by atoms with Crippen molar-refractivity contribution < 1.29 is 22.4 Å². The van der Waals surface area contributed by atoms with Gasteiger partial charge in [0.15, 0.2) is 5.65 Å². The van der Waals surface area contributed by atoms with Crippen LogP contribution in [0.25, 0.3) is 28.1 Å². The lowest BCUT2D eigenvalue weighted by atomic mass is 10.1. The molecule has 0 N–H and O–H groups in total. The molecule has 34 heavy (non-hydrogen) atoms. The Morgan fingerprint density at radius 2 is 1.79 bits per heavy atom. The van der Waals surface area contributed by atoms with Gasteiger partial charge in [0.2, 0.25) is 11.7 Å². The predicted molar refractivity (Wildman–Crippen MR) is 114 cm³/mol. The van der Waals surface area contributed by atoms with E-state index in [-0.39, 0.29) is 23.8 Å². The molecule has 0 bridgehead atoms. The van der Waals surface area contributed by atoms with Crippen LogP contribution in [0.1, 0.15) is 11.5 Å². The summed E-state index contributed by atoms with van der Waals surface area (Å²) >= 11 is 0. The first-order valence-corrected chi connectivity index (χ1v) is 9.91. The van der Waals surface area contributed by atoms with E-state index in [0.717, 1.165) is 12.1 Å². The molecule has 0 aliphatic heterocycles. The van der Waals surface area contributed by atoms with E-state index in [1.165, 1.54) is 33.9 Å². The zero-order valence-electron chi connectivity index (χ0n) is 17.5. The molecule has 9 nitrogen and oxygen atoms in total. The number of rotatable bonds is 5. The molecule has 12 heteroatoms. The maximum absolute atomic E-state index is 12.9. The van der Waals surface area contributed by atoms with Crippen molar-refractivity contribution in [3.63, 3.8) is 0 Å². The minimum atomic E-state index is -4.44. The largest absolute Gasteiger partial charge is 0.497 e. The van der Waals surface area contributed by atoms with Crippen molar-refractivity contribution in [3.8, 4) is 22.8 Å². The van der Waals surface area contributed by atoms with Crippen molar-refractivity contribution in [1.29, 1.82) is 0 Å². The van der Waals surface area contributed by atoms with Gasteiger partial charge in [0.05, 0.1) is 24.6 Å². The van der Waals surface area contributed by atoms with E-state index in [2.05, 4.69) is 20.2 Å². The number of benzene rings is 2. The van der Waals surface area contributed by atoms with Crippen LogP contribution in [-0.4, -0.2) is 36.6 Å². The Balaban J connectivity index is 1.40. The number of hydrogen-bond donors (Lipinski definition) is 0. The summed E-state index contributed by atoms with van der Waals surface area (Å²) in [4.78, 5) is 21.5. The van der Waals surface area contributed by atoms with Crippen LogP contribution in [0.5, 0.6) is 5.75 Å². The third kappa shape index (κ3) is 3.89. The zero-order valence-corrected chi connectivity index (χ0v) is 17.5. The molecule has 2 aromatic carbocycles. The maximum Gasteiger partial charge on any atom is 0.416 e. The minimum Gasteiger partial charge on any atom is -0.497 e. The van der Waals surface area contributed by atoms with Crippen molar-refractivity contribution in [2.24, 2.45) is 0 Å². The van der Waals surface area contributed by atoms with E-state index < -0.39 is 11.7 Å². The van der Waals surface area contributed by atoms with Gasteiger partial charge in [0.25, 0.3) is 5.56 Å². The van der Waals surface area contributed by atoms with Crippen LogP contribution in [0, 0.1) is 0 Å². The molecular formula is C22H15F3N6O3. The third-order valence-corrected chi connectivity index (χ3v) is 5.12. The van der Waals surface area contributed by atoms with Gasteiger partial charge in [-0.2, -0.15) is 23.3 Å². The molecule has 0 atom stereocenters. The number of fused-ring (bicyclic) bond motifs is 1. The zero-order chi connectivity index (χ0) is 23.9. The van der Waals surface area contributed by atoms with Gasteiger partial charge in [-0.25, -0.2) is 9.67 Å². The lowest BCUT2D eigenvalue weighted by Crippen LogP contribution is -2.21. The minimum absolute atomic E-state index is 0.0663. The van der Waals surface area contributed by atoms with Gasteiger partial charge in [0.1, 0.15) is 24.0 Å². The van der Waals surface area contributed by atoms with Crippen LogP contribution in [0.3, 0.4) is 0 Å². The molecular weight excluding hydrogens is 453 g/mol. The van der Waals surface area contributed by atoms with Crippen LogP contribution in [0.15, 0.2) is 70.4 Å². The summed E-state index contributed by atoms with van der Waals surface area (Å²) in [5, 5.41) is 8.35. The smallest absolute Gasteiger partial charge is 0.416 e. The fourth-order valence-corrected chi connectivity index (χ4v) is 3.36. The highest BCUT2D eigenvalue weighted by Gasteiger charge is 2.30. The Labute approximate surface area is 189 Å². The van der Waals surface area contributed by atoms with Crippen molar-refractivity contribution >= 4 is 11.0 Å². The number of hydrogen-bond acceptors (Lipinski definition) is 7. The summed E-state index contributed by atoms with van der Waals surface area (Å²) < 4.78 is 51.4. The summed E-state index contributed by atoms with van der Waals surface area (Å²) in [6, 6.07) is 11.5. The van der Waals surface area contributed by atoms with Gasteiger partial charge in [-0.05, 0) is 36.4 Å². The first-order valence-electron chi connectivity index (χ1n) is 9.91. The molecule has 3 aromatic heterocycles. The second kappa shape index (κ2) is 8.14. The van der Waals surface area contributed by atoms with E-state index in [4.69, 9.17) is 9.26 Å². The van der Waals surface area contributed by atoms with Gasteiger partial charge in [0, 0.05) is 5.56 Å². The fraction of sp³-hybridized carbons (Fsp3) is 0.136. The standard InChI is InChI=1S/C22H15F3N6O3/c1-33-16-8-6-15(7-9-16)31-20-17(10-27-31)21(32)30(12-26-20)11-18-28-19(29-34-18)13-2-4-14(5-3-13)22(23,24)25/h2-10,12H,11H2,1H3. The second-order valence-corrected chi connectivity index (χ2v) is 7.26. The van der Waals surface area contributed by atoms with E-state index in [1.807, 2.05) is 0 Å². The highest BCUT2D eigenvalue weighted by Crippen LogP contribution is 2.30. The highest BCUT2D eigenvalue weighted by molar-refractivity contribution is 5.75. The van der Waals surface area contributed by atoms with E-state index in [0.29, 0.717) is 28.0 Å². The molecule has 0 unspecified atom stereocenters. The van der Waals surface area contributed by atoms with Crippen LogP contribution in [0.2, 0.25) is 0 Å². The summed E-state index contributed by atoms with van der Waals surface area (Å²) in [7, 11) is 1.57. The summed E-state index contributed by atoms with van der Waals surface area (Å²) in [6.45, 7) is -0.0663. The predicted octanol–water partition coefficient (Wildman–Crippen LogP) is 3.71. The van der Waals surface area contributed by atoms with Gasteiger partial charge in [-0.1, -0.05) is 17.3 Å². The number of alkyl halides is 3. The molecule has 0 fully saturated rings. The van der Waals surface area contributed by atoms with Crippen molar-refractivity contribution in [1.82, 2.24) is 29.5 Å². The first kappa shape index (κ1) is 21.4. The number of ether oxygens (including phenoxy) is 1. The molecule has 0 spiro atoms. The Bertz CT molecular complexity index is 1520. The van der Waals surface area contributed by atoms with Crippen molar-refractivity contribution in [2.45, 2.75) is 12.7 Å². The molecule has 0 amide bonds. The van der Waals surface area contributed by atoms with Gasteiger partial charge >= 0.3 is 6.18 Å². The quantitative estimate of drug-likeness (QED) is 0.388. The molecule has 0 aliphatic carbocycles. The summed E-state index contributed by atoms with van der Waals surface area (Å²) in [6.07, 6.45) is -1.67. The fourth-order valence-electron chi connectivity index (χ4n) is 3.36. The number of nitrogens with zero attached hydrogens (tertiary/aromatic N) is 6. The van der Waals surface area contributed by atoms with Gasteiger partial charge in [-0.3, -0.25) is 9.36 Å². The molecule has 0 aliphatic rings. The molecule has 0 saturated heterocycles. The normalized spacial score (nSPS) is 11.8. The van der Waals surface area contributed by atoms with Gasteiger partial charge in [-0.15, -0.1) is 0 Å². The third-order valence-electron chi connectivity index (χ3n) is 5.12. The highest BCUT2D eigenvalue weighted by atomic mass is 19.4. The Morgan fingerprint density at radius 3 is 2.47 bits per heavy atom. The molecule has 5 aromatic rings. The molecule has 0 saturated carbocycles.